The van der Waals surface area contributed by atoms with E-state index in [2.05, 4.69) is 21.4 Å². The lowest BCUT2D eigenvalue weighted by Gasteiger charge is -2.27. The van der Waals surface area contributed by atoms with Gasteiger partial charge < -0.3 is 15.0 Å². The van der Waals surface area contributed by atoms with Gasteiger partial charge in [0.25, 0.3) is 0 Å². The van der Waals surface area contributed by atoms with Crippen molar-refractivity contribution in [3.8, 4) is 11.9 Å². The van der Waals surface area contributed by atoms with Crippen molar-refractivity contribution in [2.75, 3.05) is 24.5 Å². The maximum absolute atomic E-state index is 13.6. The topological polar surface area (TPSA) is 91.1 Å². The van der Waals surface area contributed by atoms with Gasteiger partial charge in [-0.2, -0.15) is 23.4 Å². The van der Waals surface area contributed by atoms with Gasteiger partial charge in [-0.15, -0.1) is 0 Å². The van der Waals surface area contributed by atoms with Crippen LogP contribution >= 0.6 is 0 Å². The van der Waals surface area contributed by atoms with Gasteiger partial charge in [-0.1, -0.05) is 12.1 Å². The predicted octanol–water partition coefficient (Wildman–Crippen LogP) is 4.06. The first-order valence-electron chi connectivity index (χ1n) is 12.0. The number of ether oxygens (including phenoxy) is 1. The SMILES string of the molecule is N#Cc1ccc(CCCC(=O)[C@@H]2CCCN2c2cc(OC3CCNCC3)nc(C(F)(F)F)n2)cc1. The molecule has 1 aromatic carbocycles. The number of anilines is 1. The van der Waals surface area contributed by atoms with Crippen molar-refractivity contribution in [2.45, 2.75) is 63.3 Å². The highest BCUT2D eigenvalue weighted by Crippen LogP contribution is 2.33. The summed E-state index contributed by atoms with van der Waals surface area (Å²) in [7, 11) is 0. The van der Waals surface area contributed by atoms with Crippen LogP contribution in [0.25, 0.3) is 0 Å². The van der Waals surface area contributed by atoms with Crippen molar-refractivity contribution in [2.24, 2.45) is 0 Å². The molecule has 0 spiro atoms. The number of nitrogens with zero attached hydrogens (tertiary/aromatic N) is 4. The highest BCUT2D eigenvalue weighted by Gasteiger charge is 2.38. The molecule has 35 heavy (non-hydrogen) atoms. The van der Waals surface area contributed by atoms with Crippen LogP contribution in [-0.4, -0.2) is 47.5 Å². The summed E-state index contributed by atoms with van der Waals surface area (Å²) in [5, 5.41) is 12.1. The zero-order chi connectivity index (χ0) is 24.8. The molecule has 1 aromatic heterocycles. The third kappa shape index (κ3) is 6.48. The fourth-order valence-electron chi connectivity index (χ4n) is 4.59. The number of aromatic nitrogens is 2. The second kappa shape index (κ2) is 11.0. The fraction of sp³-hybridized carbons (Fsp3) is 0.520. The van der Waals surface area contributed by atoms with E-state index in [4.69, 9.17) is 10.00 Å². The molecule has 186 valence electrons. The molecular weight excluding hydrogens is 459 g/mol. The third-order valence-corrected chi connectivity index (χ3v) is 6.41. The van der Waals surface area contributed by atoms with Gasteiger partial charge in [0.1, 0.15) is 11.9 Å². The first-order valence-corrected chi connectivity index (χ1v) is 12.0. The Balaban J connectivity index is 1.45. The number of hydrogen-bond donors (Lipinski definition) is 1. The normalized spacial score (nSPS) is 18.9. The minimum Gasteiger partial charge on any atom is -0.474 e. The minimum atomic E-state index is -4.72. The van der Waals surface area contributed by atoms with Crippen molar-refractivity contribution in [1.29, 1.82) is 5.26 Å². The number of rotatable bonds is 8. The van der Waals surface area contributed by atoms with Gasteiger partial charge in [-0.3, -0.25) is 4.79 Å². The Hall–Kier alpha value is -3.19. The van der Waals surface area contributed by atoms with Crippen molar-refractivity contribution in [3.63, 3.8) is 0 Å². The average molecular weight is 488 g/mol. The molecule has 2 fully saturated rings. The summed E-state index contributed by atoms with van der Waals surface area (Å²) in [6.45, 7) is 1.92. The Bertz CT molecular complexity index is 1060. The molecule has 4 rings (SSSR count). The van der Waals surface area contributed by atoms with Crippen LogP contribution in [0.4, 0.5) is 19.0 Å². The zero-order valence-electron chi connectivity index (χ0n) is 19.4. The van der Waals surface area contributed by atoms with Crippen molar-refractivity contribution >= 4 is 11.6 Å². The molecule has 0 aliphatic carbocycles. The number of carbonyl (C=O) groups excluding carboxylic acids is 1. The number of alkyl halides is 3. The molecule has 7 nitrogen and oxygen atoms in total. The van der Waals surface area contributed by atoms with Crippen LogP contribution in [0.15, 0.2) is 30.3 Å². The Morgan fingerprint density at radius 3 is 2.60 bits per heavy atom. The molecule has 2 aromatic rings. The largest absolute Gasteiger partial charge is 0.474 e. The van der Waals surface area contributed by atoms with Gasteiger partial charge in [0.15, 0.2) is 5.78 Å². The lowest BCUT2D eigenvalue weighted by molar-refractivity contribution is -0.145. The van der Waals surface area contributed by atoms with Crippen LogP contribution in [0.2, 0.25) is 0 Å². The number of carbonyl (C=O) groups is 1. The van der Waals surface area contributed by atoms with Crippen molar-refractivity contribution in [3.05, 3.63) is 47.3 Å². The Labute approximate surface area is 202 Å². The van der Waals surface area contributed by atoms with Crippen LogP contribution < -0.4 is 15.0 Å². The molecule has 1 N–H and O–H groups in total. The number of halogens is 3. The van der Waals surface area contributed by atoms with E-state index in [0.717, 1.165) is 18.7 Å². The number of hydrogen-bond acceptors (Lipinski definition) is 7. The lowest BCUT2D eigenvalue weighted by atomic mass is 10.0. The van der Waals surface area contributed by atoms with Crippen molar-refractivity contribution in [1.82, 2.24) is 15.3 Å². The highest BCUT2D eigenvalue weighted by atomic mass is 19.4. The number of benzene rings is 1. The molecule has 0 amide bonds. The van der Waals surface area contributed by atoms with E-state index in [-0.39, 0.29) is 23.6 Å². The average Bonchev–Trinajstić information content (AvgIpc) is 3.35. The Morgan fingerprint density at radius 1 is 1.17 bits per heavy atom. The van der Waals surface area contributed by atoms with E-state index >= 15 is 0 Å². The van der Waals surface area contributed by atoms with Crippen LogP contribution in [0.3, 0.4) is 0 Å². The van der Waals surface area contributed by atoms with Gasteiger partial charge in [0, 0.05) is 19.0 Å². The van der Waals surface area contributed by atoms with Crippen LogP contribution in [0.5, 0.6) is 5.88 Å². The zero-order valence-corrected chi connectivity index (χ0v) is 19.4. The molecule has 10 heteroatoms. The molecule has 0 radical (unpaired) electrons. The molecule has 2 aliphatic heterocycles. The second-order valence-corrected chi connectivity index (χ2v) is 8.93. The van der Waals surface area contributed by atoms with Gasteiger partial charge in [0.2, 0.25) is 11.7 Å². The standard InChI is InChI=1S/C25H28F3N5O2/c26-25(27,28)24-31-22(15-23(32-24)35-19-10-12-30-13-11-19)33-14-2-4-20(33)21(34)5-1-3-17-6-8-18(16-29)9-7-17/h6-9,15,19-20,30H,1-5,10-14H2/t20-/m0/s1. The second-order valence-electron chi connectivity index (χ2n) is 8.93. The van der Waals surface area contributed by atoms with Crippen LogP contribution in [0, 0.1) is 11.3 Å². The van der Waals surface area contributed by atoms with Crippen LogP contribution in [-0.2, 0) is 17.4 Å². The van der Waals surface area contributed by atoms with Gasteiger partial charge in [-0.05, 0) is 69.3 Å². The van der Waals surface area contributed by atoms with E-state index in [0.29, 0.717) is 57.1 Å². The van der Waals surface area contributed by atoms with E-state index in [1.165, 1.54) is 6.07 Å². The summed E-state index contributed by atoms with van der Waals surface area (Å²) in [6.07, 6.45) is -0.665. The summed E-state index contributed by atoms with van der Waals surface area (Å²) in [4.78, 5) is 22.1. The smallest absolute Gasteiger partial charge is 0.451 e. The molecule has 0 unspecified atom stereocenters. The highest BCUT2D eigenvalue weighted by molar-refractivity contribution is 5.87. The lowest BCUT2D eigenvalue weighted by Crippen LogP contribution is -2.37. The number of nitrogens with one attached hydrogen (secondary N) is 1. The first kappa shape index (κ1) is 24.9. The number of aryl methyl sites for hydroxylation is 1. The summed E-state index contributed by atoms with van der Waals surface area (Å²) < 4.78 is 46.4. The number of Topliss-reactive ketones (excluding diaryl/α,β-unsaturated/α-hetero) is 1. The summed E-state index contributed by atoms with van der Waals surface area (Å²) in [5.74, 6) is -1.28. The molecule has 2 saturated heterocycles. The number of ketones is 1. The third-order valence-electron chi connectivity index (χ3n) is 6.41. The van der Waals surface area contributed by atoms with Crippen LogP contribution in [0.1, 0.15) is 55.5 Å². The van der Waals surface area contributed by atoms with E-state index in [1.807, 2.05) is 12.1 Å². The summed E-state index contributed by atoms with van der Waals surface area (Å²) in [6, 6.07) is 10.2. The van der Waals surface area contributed by atoms with Gasteiger partial charge >= 0.3 is 6.18 Å². The predicted molar refractivity (Wildman–Crippen MR) is 123 cm³/mol. The quantitative estimate of drug-likeness (QED) is 0.601. The Kier molecular flexibility index (Phi) is 7.86. The Morgan fingerprint density at radius 2 is 1.91 bits per heavy atom. The van der Waals surface area contributed by atoms with E-state index in [9.17, 15) is 18.0 Å². The van der Waals surface area contributed by atoms with E-state index < -0.39 is 18.0 Å². The number of nitriles is 1. The molecule has 0 saturated carbocycles. The molecule has 0 bridgehead atoms. The van der Waals surface area contributed by atoms with E-state index in [1.54, 1.807) is 17.0 Å². The minimum absolute atomic E-state index is 0.0101. The monoisotopic (exact) mass is 487 g/mol. The molecule has 2 aliphatic rings. The molecule has 1 atom stereocenters. The summed E-state index contributed by atoms with van der Waals surface area (Å²) >= 11 is 0. The van der Waals surface area contributed by atoms with Gasteiger partial charge in [0.05, 0.1) is 17.7 Å². The maximum atomic E-state index is 13.6. The molecular formula is C25H28F3N5O2. The molecule has 3 heterocycles. The number of piperidine rings is 1. The fourth-order valence-corrected chi connectivity index (χ4v) is 4.59. The van der Waals surface area contributed by atoms with Gasteiger partial charge in [-0.25, -0.2) is 4.98 Å². The summed E-state index contributed by atoms with van der Waals surface area (Å²) in [5.41, 5.74) is 1.61. The first-order chi connectivity index (χ1) is 16.8. The maximum Gasteiger partial charge on any atom is 0.451 e. The van der Waals surface area contributed by atoms with Crippen molar-refractivity contribution < 1.29 is 22.7 Å².